The van der Waals surface area contributed by atoms with Crippen molar-refractivity contribution in [2.45, 2.75) is 6.54 Å². The summed E-state index contributed by atoms with van der Waals surface area (Å²) < 4.78 is 16.6. The van der Waals surface area contributed by atoms with E-state index in [1.807, 2.05) is 23.6 Å². The summed E-state index contributed by atoms with van der Waals surface area (Å²) in [6.45, 7) is 0.934. The molecule has 0 saturated heterocycles. The van der Waals surface area contributed by atoms with Gasteiger partial charge in [0.15, 0.2) is 18.1 Å². The molecule has 0 aliphatic carbocycles. The van der Waals surface area contributed by atoms with Gasteiger partial charge in [0.1, 0.15) is 13.2 Å². The number of nitrogens with zero attached hydrogens (tertiary/aromatic N) is 1. The quantitative estimate of drug-likeness (QED) is 0.563. The molecular weight excluding hydrogens is 416 g/mol. The van der Waals surface area contributed by atoms with Crippen molar-refractivity contribution in [1.29, 1.82) is 0 Å². The molecule has 0 spiro atoms. The number of nitrogens with one attached hydrogen (secondary N) is 1. The summed E-state index contributed by atoms with van der Waals surface area (Å²) in [5.74, 6) is 0.346. The van der Waals surface area contributed by atoms with Crippen molar-refractivity contribution in [3.8, 4) is 11.5 Å². The Labute approximate surface area is 184 Å². The topological polar surface area (TPSA) is 77.1 Å². The van der Waals surface area contributed by atoms with Gasteiger partial charge < -0.3 is 24.4 Å². The minimum atomic E-state index is -0.559. The summed E-state index contributed by atoms with van der Waals surface area (Å²) in [5.41, 5.74) is 1.67. The number of benzene rings is 2. The maximum Gasteiger partial charge on any atom is 0.340 e. The van der Waals surface area contributed by atoms with Crippen LogP contribution in [0.2, 0.25) is 0 Å². The van der Waals surface area contributed by atoms with E-state index in [9.17, 15) is 9.59 Å². The third-order valence-electron chi connectivity index (χ3n) is 4.78. The van der Waals surface area contributed by atoms with Gasteiger partial charge in [-0.1, -0.05) is 18.2 Å². The van der Waals surface area contributed by atoms with Crippen LogP contribution in [0.4, 0.5) is 11.4 Å². The Hall–Kier alpha value is -3.52. The zero-order valence-electron chi connectivity index (χ0n) is 17.0. The molecule has 2 aromatic carbocycles. The van der Waals surface area contributed by atoms with Crippen LogP contribution in [0.5, 0.6) is 11.5 Å². The normalized spacial score (nSPS) is 12.2. The maximum atomic E-state index is 13.1. The van der Waals surface area contributed by atoms with Crippen LogP contribution in [0.15, 0.2) is 60.0 Å². The van der Waals surface area contributed by atoms with Crippen molar-refractivity contribution in [3.63, 3.8) is 0 Å². The van der Waals surface area contributed by atoms with Gasteiger partial charge >= 0.3 is 5.97 Å². The minimum Gasteiger partial charge on any atom is -0.486 e. The zero-order chi connectivity index (χ0) is 21.6. The molecule has 2 heterocycles. The highest BCUT2D eigenvalue weighted by Gasteiger charge is 2.22. The van der Waals surface area contributed by atoms with E-state index in [0.717, 1.165) is 4.88 Å². The van der Waals surface area contributed by atoms with E-state index in [4.69, 9.17) is 14.2 Å². The Bertz CT molecular complexity index is 1070. The predicted molar refractivity (Wildman–Crippen MR) is 119 cm³/mol. The molecule has 4 rings (SSSR count). The van der Waals surface area contributed by atoms with E-state index in [-0.39, 0.29) is 12.5 Å². The van der Waals surface area contributed by atoms with Crippen molar-refractivity contribution in [1.82, 2.24) is 0 Å². The third-order valence-corrected chi connectivity index (χ3v) is 5.64. The van der Waals surface area contributed by atoms with Gasteiger partial charge in [0.25, 0.3) is 5.91 Å². The summed E-state index contributed by atoms with van der Waals surface area (Å²) in [5, 5.41) is 4.91. The molecule has 1 amide bonds. The van der Waals surface area contributed by atoms with Gasteiger partial charge in [0.05, 0.1) is 12.1 Å². The molecule has 0 radical (unpaired) electrons. The summed E-state index contributed by atoms with van der Waals surface area (Å²) in [6, 6.07) is 16.2. The minimum absolute atomic E-state index is 0.333. The summed E-state index contributed by atoms with van der Waals surface area (Å²) in [6.07, 6.45) is 0. The summed E-state index contributed by atoms with van der Waals surface area (Å²) in [7, 11) is 1.72. The van der Waals surface area contributed by atoms with Crippen LogP contribution < -0.4 is 19.7 Å². The van der Waals surface area contributed by atoms with Crippen LogP contribution in [0, 0.1) is 0 Å². The maximum absolute atomic E-state index is 13.1. The van der Waals surface area contributed by atoms with Crippen molar-refractivity contribution in [2.24, 2.45) is 0 Å². The number of amides is 1. The molecular formula is C23H22N2O5S. The molecule has 0 saturated carbocycles. The lowest BCUT2D eigenvalue weighted by Gasteiger charge is -2.25. The SMILES string of the molecule is CNc1ccccc1C(=O)OCC(=O)N(Cc1cccs1)c1ccc2c(c1)OCCO2. The highest BCUT2D eigenvalue weighted by molar-refractivity contribution is 7.09. The van der Waals surface area contributed by atoms with Crippen molar-refractivity contribution in [3.05, 3.63) is 70.4 Å². The Kier molecular flexibility index (Phi) is 6.37. The molecule has 0 unspecified atom stereocenters. The number of anilines is 2. The number of para-hydroxylation sites is 1. The number of rotatable bonds is 7. The molecule has 0 fully saturated rings. The van der Waals surface area contributed by atoms with Crippen LogP contribution in [0.25, 0.3) is 0 Å². The lowest BCUT2D eigenvalue weighted by atomic mass is 10.2. The Morgan fingerprint density at radius 1 is 1.06 bits per heavy atom. The fraction of sp³-hybridized carbons (Fsp3) is 0.217. The van der Waals surface area contributed by atoms with E-state index >= 15 is 0 Å². The van der Waals surface area contributed by atoms with Crippen LogP contribution in [-0.4, -0.2) is 38.7 Å². The molecule has 1 aliphatic rings. The Balaban J connectivity index is 1.52. The van der Waals surface area contributed by atoms with Crippen molar-refractivity contribution < 1.29 is 23.8 Å². The zero-order valence-corrected chi connectivity index (χ0v) is 17.8. The largest absolute Gasteiger partial charge is 0.486 e. The third kappa shape index (κ3) is 4.80. The van der Waals surface area contributed by atoms with Crippen LogP contribution in [-0.2, 0) is 16.1 Å². The van der Waals surface area contributed by atoms with Gasteiger partial charge in [0, 0.05) is 29.4 Å². The van der Waals surface area contributed by atoms with Crippen molar-refractivity contribution >= 4 is 34.6 Å². The number of thiophene rings is 1. The Morgan fingerprint density at radius 3 is 2.65 bits per heavy atom. The number of carbonyl (C=O) groups is 2. The molecule has 160 valence electrons. The first-order valence-electron chi connectivity index (χ1n) is 9.82. The first-order chi connectivity index (χ1) is 15.2. The molecule has 0 bridgehead atoms. The number of hydrogen-bond acceptors (Lipinski definition) is 7. The Morgan fingerprint density at radius 2 is 1.87 bits per heavy atom. The number of hydrogen-bond donors (Lipinski definition) is 1. The van der Waals surface area contributed by atoms with Crippen LogP contribution in [0.3, 0.4) is 0 Å². The number of carbonyl (C=O) groups excluding carboxylic acids is 2. The van der Waals surface area contributed by atoms with Gasteiger partial charge in [-0.2, -0.15) is 0 Å². The van der Waals surface area contributed by atoms with Crippen LogP contribution >= 0.6 is 11.3 Å². The van der Waals surface area contributed by atoms with Gasteiger partial charge in [-0.05, 0) is 35.7 Å². The lowest BCUT2D eigenvalue weighted by molar-refractivity contribution is -0.121. The number of fused-ring (bicyclic) bond motifs is 1. The van der Waals surface area contributed by atoms with E-state index in [0.29, 0.717) is 48.2 Å². The second-order valence-corrected chi connectivity index (χ2v) is 7.79. The van der Waals surface area contributed by atoms with Gasteiger partial charge in [-0.15, -0.1) is 11.3 Å². The average molecular weight is 439 g/mol. The highest BCUT2D eigenvalue weighted by Crippen LogP contribution is 2.34. The standard InChI is InChI=1S/C23H22N2O5S/c1-24-19-7-3-2-6-18(19)23(27)30-15-22(26)25(14-17-5-4-12-31-17)16-8-9-20-21(13-16)29-11-10-28-20/h2-9,12-13,24H,10-11,14-15H2,1H3. The van der Waals surface area contributed by atoms with E-state index in [1.54, 1.807) is 59.7 Å². The second-order valence-electron chi connectivity index (χ2n) is 6.76. The van der Waals surface area contributed by atoms with Gasteiger partial charge in [-0.25, -0.2) is 4.79 Å². The molecule has 3 aromatic rings. The van der Waals surface area contributed by atoms with E-state index in [1.165, 1.54) is 0 Å². The summed E-state index contributed by atoms with van der Waals surface area (Å²) in [4.78, 5) is 28.2. The molecule has 1 aliphatic heterocycles. The molecule has 0 atom stereocenters. The van der Waals surface area contributed by atoms with E-state index in [2.05, 4.69) is 5.32 Å². The fourth-order valence-corrected chi connectivity index (χ4v) is 3.94. The van der Waals surface area contributed by atoms with Crippen LogP contribution in [0.1, 0.15) is 15.2 Å². The number of esters is 1. The second kappa shape index (κ2) is 9.53. The smallest absolute Gasteiger partial charge is 0.340 e. The highest BCUT2D eigenvalue weighted by atomic mass is 32.1. The predicted octanol–water partition coefficient (Wildman–Crippen LogP) is 3.95. The molecule has 1 aromatic heterocycles. The first-order valence-corrected chi connectivity index (χ1v) is 10.7. The average Bonchev–Trinajstić information content (AvgIpc) is 3.33. The van der Waals surface area contributed by atoms with E-state index < -0.39 is 5.97 Å². The summed E-state index contributed by atoms with van der Waals surface area (Å²) >= 11 is 1.55. The monoisotopic (exact) mass is 438 g/mol. The molecule has 8 heteroatoms. The van der Waals surface area contributed by atoms with Gasteiger partial charge in [0.2, 0.25) is 0 Å². The first kappa shape index (κ1) is 20.7. The number of ether oxygens (including phenoxy) is 3. The van der Waals surface area contributed by atoms with Crippen molar-refractivity contribution in [2.75, 3.05) is 37.1 Å². The molecule has 7 nitrogen and oxygen atoms in total. The van der Waals surface area contributed by atoms with Gasteiger partial charge in [-0.3, -0.25) is 4.79 Å². The molecule has 31 heavy (non-hydrogen) atoms. The fourth-order valence-electron chi connectivity index (χ4n) is 3.24. The lowest BCUT2D eigenvalue weighted by Crippen LogP contribution is -2.34. The molecule has 1 N–H and O–H groups in total.